The molecular formula is C16H17BrClNO2. The lowest BCUT2D eigenvalue weighted by atomic mass is 10.1. The molecule has 1 atom stereocenters. The molecule has 0 aromatic heterocycles. The Morgan fingerprint density at radius 2 is 1.90 bits per heavy atom. The van der Waals surface area contributed by atoms with Crippen molar-refractivity contribution in [1.29, 1.82) is 0 Å². The minimum absolute atomic E-state index is 0.121. The maximum atomic E-state index is 6.14. The van der Waals surface area contributed by atoms with Gasteiger partial charge in [-0.1, -0.05) is 27.5 Å². The highest BCUT2D eigenvalue weighted by molar-refractivity contribution is 9.10. The van der Waals surface area contributed by atoms with Crippen molar-refractivity contribution in [2.24, 2.45) is 5.73 Å². The van der Waals surface area contributed by atoms with Crippen LogP contribution in [0.5, 0.6) is 11.5 Å². The standard InChI is InChI=1S/C16H17BrClNO2/c1-20-16-7-2-12(17)8-11(16)9-14(19)10-21-15-5-3-13(18)4-6-15/h2-8,14H,9-10,19H2,1H3. The second-order valence-electron chi connectivity index (χ2n) is 4.69. The molecule has 0 fully saturated rings. The lowest BCUT2D eigenvalue weighted by Crippen LogP contribution is -2.30. The zero-order chi connectivity index (χ0) is 15.2. The van der Waals surface area contributed by atoms with E-state index in [1.54, 1.807) is 19.2 Å². The predicted octanol–water partition coefficient (Wildman–Crippen LogP) is 4.06. The summed E-state index contributed by atoms with van der Waals surface area (Å²) in [5, 5.41) is 0.686. The molecule has 0 heterocycles. The van der Waals surface area contributed by atoms with E-state index in [2.05, 4.69) is 15.9 Å². The van der Waals surface area contributed by atoms with Crippen LogP contribution in [-0.4, -0.2) is 19.8 Å². The van der Waals surface area contributed by atoms with Crippen molar-refractivity contribution in [3.63, 3.8) is 0 Å². The SMILES string of the molecule is COc1ccc(Br)cc1CC(N)COc1ccc(Cl)cc1. The van der Waals surface area contributed by atoms with Crippen LogP contribution in [0.15, 0.2) is 46.9 Å². The first kappa shape index (κ1) is 16.1. The van der Waals surface area contributed by atoms with Crippen LogP contribution in [-0.2, 0) is 6.42 Å². The summed E-state index contributed by atoms with van der Waals surface area (Å²) in [5.41, 5.74) is 7.19. The molecule has 0 aliphatic carbocycles. The monoisotopic (exact) mass is 369 g/mol. The van der Waals surface area contributed by atoms with Crippen molar-refractivity contribution in [3.8, 4) is 11.5 Å². The topological polar surface area (TPSA) is 44.5 Å². The van der Waals surface area contributed by atoms with Gasteiger partial charge in [-0.05, 0) is 54.4 Å². The van der Waals surface area contributed by atoms with E-state index in [4.69, 9.17) is 26.8 Å². The molecular weight excluding hydrogens is 354 g/mol. The van der Waals surface area contributed by atoms with Gasteiger partial charge in [-0.15, -0.1) is 0 Å². The van der Waals surface area contributed by atoms with Gasteiger partial charge in [0.2, 0.25) is 0 Å². The normalized spacial score (nSPS) is 12.0. The summed E-state index contributed by atoms with van der Waals surface area (Å²) >= 11 is 9.29. The number of benzene rings is 2. The van der Waals surface area contributed by atoms with Crippen molar-refractivity contribution in [2.45, 2.75) is 12.5 Å². The summed E-state index contributed by atoms with van der Waals surface area (Å²) in [5.74, 6) is 1.59. The lowest BCUT2D eigenvalue weighted by Gasteiger charge is -2.15. The Hall–Kier alpha value is -1.23. The molecule has 0 spiro atoms. The van der Waals surface area contributed by atoms with Crippen LogP contribution < -0.4 is 15.2 Å². The summed E-state index contributed by atoms with van der Waals surface area (Å²) in [4.78, 5) is 0. The van der Waals surface area contributed by atoms with Crippen LogP contribution in [0.2, 0.25) is 5.02 Å². The number of rotatable bonds is 6. The van der Waals surface area contributed by atoms with E-state index in [0.29, 0.717) is 18.1 Å². The van der Waals surface area contributed by atoms with Gasteiger partial charge in [0.15, 0.2) is 0 Å². The second-order valence-corrected chi connectivity index (χ2v) is 6.04. The molecule has 0 bridgehead atoms. The number of nitrogens with two attached hydrogens (primary N) is 1. The highest BCUT2D eigenvalue weighted by atomic mass is 79.9. The van der Waals surface area contributed by atoms with Gasteiger partial charge in [0, 0.05) is 15.5 Å². The van der Waals surface area contributed by atoms with Crippen molar-refractivity contribution in [1.82, 2.24) is 0 Å². The van der Waals surface area contributed by atoms with Crippen LogP contribution in [0, 0.1) is 0 Å². The number of hydrogen-bond acceptors (Lipinski definition) is 3. The van der Waals surface area contributed by atoms with Crippen LogP contribution in [0.4, 0.5) is 0 Å². The quantitative estimate of drug-likeness (QED) is 0.834. The Morgan fingerprint density at radius 3 is 2.57 bits per heavy atom. The zero-order valence-corrected chi connectivity index (χ0v) is 14.0. The van der Waals surface area contributed by atoms with Gasteiger partial charge in [-0.25, -0.2) is 0 Å². The second kappa shape index (κ2) is 7.69. The third-order valence-corrected chi connectivity index (χ3v) is 3.75. The average molecular weight is 371 g/mol. The van der Waals surface area contributed by atoms with E-state index < -0.39 is 0 Å². The van der Waals surface area contributed by atoms with Gasteiger partial charge in [-0.2, -0.15) is 0 Å². The molecule has 0 aliphatic rings. The molecule has 2 rings (SSSR count). The van der Waals surface area contributed by atoms with E-state index in [-0.39, 0.29) is 6.04 Å². The number of ether oxygens (including phenoxy) is 2. The molecule has 2 aromatic rings. The first-order valence-electron chi connectivity index (χ1n) is 6.55. The minimum Gasteiger partial charge on any atom is -0.496 e. The Labute approximate surface area is 138 Å². The fourth-order valence-electron chi connectivity index (χ4n) is 1.98. The van der Waals surface area contributed by atoms with Crippen LogP contribution >= 0.6 is 27.5 Å². The molecule has 0 aliphatic heterocycles. The highest BCUT2D eigenvalue weighted by Crippen LogP contribution is 2.24. The van der Waals surface area contributed by atoms with Gasteiger partial charge in [0.05, 0.1) is 7.11 Å². The summed E-state index contributed by atoms with van der Waals surface area (Å²) < 4.78 is 12.0. The summed E-state index contributed by atoms with van der Waals surface area (Å²) in [6.07, 6.45) is 0.677. The Bertz CT molecular complexity index is 589. The molecule has 0 radical (unpaired) electrons. The van der Waals surface area contributed by atoms with E-state index >= 15 is 0 Å². The van der Waals surface area contributed by atoms with Gasteiger partial charge in [0.1, 0.15) is 18.1 Å². The summed E-state index contributed by atoms with van der Waals surface area (Å²) in [6, 6.07) is 13.0. The van der Waals surface area contributed by atoms with E-state index in [1.165, 1.54) is 0 Å². The third-order valence-electron chi connectivity index (χ3n) is 3.00. The maximum absolute atomic E-state index is 6.14. The smallest absolute Gasteiger partial charge is 0.122 e. The maximum Gasteiger partial charge on any atom is 0.122 e. The summed E-state index contributed by atoms with van der Waals surface area (Å²) in [7, 11) is 1.66. The highest BCUT2D eigenvalue weighted by Gasteiger charge is 2.10. The van der Waals surface area contributed by atoms with Crippen LogP contribution in [0.25, 0.3) is 0 Å². The third kappa shape index (κ3) is 4.92. The van der Waals surface area contributed by atoms with Gasteiger partial charge in [0.25, 0.3) is 0 Å². The van der Waals surface area contributed by atoms with Gasteiger partial charge < -0.3 is 15.2 Å². The first-order valence-corrected chi connectivity index (χ1v) is 7.72. The van der Waals surface area contributed by atoms with Gasteiger partial charge in [-0.3, -0.25) is 0 Å². The van der Waals surface area contributed by atoms with Crippen molar-refractivity contribution in [3.05, 3.63) is 57.5 Å². The molecule has 0 amide bonds. The van der Waals surface area contributed by atoms with Gasteiger partial charge >= 0.3 is 0 Å². The molecule has 0 saturated carbocycles. The molecule has 0 saturated heterocycles. The summed E-state index contributed by atoms with van der Waals surface area (Å²) in [6.45, 7) is 0.428. The van der Waals surface area contributed by atoms with E-state index in [0.717, 1.165) is 21.5 Å². The Morgan fingerprint density at radius 1 is 1.19 bits per heavy atom. The van der Waals surface area contributed by atoms with Crippen molar-refractivity contribution >= 4 is 27.5 Å². The average Bonchev–Trinajstić information content (AvgIpc) is 2.47. The molecule has 112 valence electrons. The molecule has 1 unspecified atom stereocenters. The predicted molar refractivity (Wildman–Crippen MR) is 89.3 cm³/mol. The first-order chi connectivity index (χ1) is 10.1. The molecule has 2 aromatic carbocycles. The fraction of sp³-hybridized carbons (Fsp3) is 0.250. The fourth-order valence-corrected chi connectivity index (χ4v) is 2.52. The Balaban J connectivity index is 1.94. The molecule has 5 heteroatoms. The Kier molecular flexibility index (Phi) is 5.91. The van der Waals surface area contributed by atoms with Crippen LogP contribution in [0.3, 0.4) is 0 Å². The van der Waals surface area contributed by atoms with Crippen molar-refractivity contribution < 1.29 is 9.47 Å². The number of hydrogen-bond donors (Lipinski definition) is 1. The van der Waals surface area contributed by atoms with Crippen molar-refractivity contribution in [2.75, 3.05) is 13.7 Å². The molecule has 21 heavy (non-hydrogen) atoms. The number of methoxy groups -OCH3 is 1. The largest absolute Gasteiger partial charge is 0.496 e. The molecule has 2 N–H and O–H groups in total. The van der Waals surface area contributed by atoms with E-state index in [9.17, 15) is 0 Å². The zero-order valence-electron chi connectivity index (χ0n) is 11.7. The van der Waals surface area contributed by atoms with Crippen LogP contribution in [0.1, 0.15) is 5.56 Å². The minimum atomic E-state index is -0.121. The lowest BCUT2D eigenvalue weighted by molar-refractivity contribution is 0.286. The van der Waals surface area contributed by atoms with E-state index in [1.807, 2.05) is 30.3 Å². The number of halogens is 2. The molecule has 3 nitrogen and oxygen atoms in total.